The predicted octanol–water partition coefficient (Wildman–Crippen LogP) is 3.49. The van der Waals surface area contributed by atoms with E-state index in [1.54, 1.807) is 26.8 Å². The molecule has 3 N–H and O–H groups in total. The molecule has 2 atom stereocenters. The predicted molar refractivity (Wildman–Crippen MR) is 143 cm³/mol. The van der Waals surface area contributed by atoms with Crippen molar-refractivity contribution in [3.8, 4) is 0 Å². The van der Waals surface area contributed by atoms with Gasteiger partial charge in [0.05, 0.1) is 6.04 Å². The fourth-order valence-corrected chi connectivity index (χ4v) is 3.05. The van der Waals surface area contributed by atoms with Gasteiger partial charge in [0.2, 0.25) is 0 Å². The van der Waals surface area contributed by atoms with Gasteiger partial charge in [-0.2, -0.15) is 0 Å². The van der Waals surface area contributed by atoms with Gasteiger partial charge >= 0.3 is 24.1 Å². The Kier molecular flexibility index (Phi) is 17.6. The Morgan fingerprint density at radius 3 is 2.05 bits per heavy atom. The number of allylic oxidation sites excluding steroid dienone is 1. The molecule has 0 bridgehead atoms. The van der Waals surface area contributed by atoms with Crippen LogP contribution in [0.1, 0.15) is 65.7 Å². The summed E-state index contributed by atoms with van der Waals surface area (Å²) < 4.78 is 15.2. The van der Waals surface area contributed by atoms with E-state index in [9.17, 15) is 24.0 Å². The van der Waals surface area contributed by atoms with Gasteiger partial charge in [-0.1, -0.05) is 31.4 Å². The van der Waals surface area contributed by atoms with Crippen LogP contribution in [0.5, 0.6) is 0 Å². The fourth-order valence-electron chi connectivity index (χ4n) is 3.05. The smallest absolute Gasteiger partial charge is 0.407 e. The molecule has 0 aromatic heterocycles. The van der Waals surface area contributed by atoms with Crippen molar-refractivity contribution in [2.75, 3.05) is 19.8 Å². The van der Waals surface area contributed by atoms with Crippen LogP contribution in [0.4, 0.5) is 9.59 Å². The van der Waals surface area contributed by atoms with E-state index in [0.717, 1.165) is 0 Å². The van der Waals surface area contributed by atoms with E-state index < -0.39 is 41.7 Å². The molecule has 0 fully saturated rings. The zero-order valence-corrected chi connectivity index (χ0v) is 22.8. The van der Waals surface area contributed by atoms with Gasteiger partial charge in [-0.05, 0) is 52.9 Å². The van der Waals surface area contributed by atoms with Crippen LogP contribution in [0, 0.1) is 0 Å². The lowest BCUT2D eigenvalue weighted by molar-refractivity contribution is -0.145. The molecule has 0 heterocycles. The number of ketones is 1. The van der Waals surface area contributed by atoms with Crippen molar-refractivity contribution in [2.45, 2.75) is 83.4 Å². The van der Waals surface area contributed by atoms with Crippen molar-refractivity contribution in [3.63, 3.8) is 0 Å². The van der Waals surface area contributed by atoms with E-state index in [2.05, 4.69) is 35.7 Å². The normalized spacial score (nSPS) is 12.2. The molecule has 38 heavy (non-hydrogen) atoms. The molecular formula is C27H43N3O8. The maximum Gasteiger partial charge on any atom is 0.407 e. The minimum atomic E-state index is -1.00. The second kappa shape index (κ2) is 19.5. The van der Waals surface area contributed by atoms with E-state index in [0.29, 0.717) is 25.8 Å². The van der Waals surface area contributed by atoms with Crippen LogP contribution in [-0.4, -0.2) is 67.3 Å². The Labute approximate surface area is 225 Å². The molecule has 3 amide bonds. The highest BCUT2D eigenvalue weighted by atomic mass is 16.6. The number of urea groups is 1. The standard InChI is InChI=1S/C27H43N3O8/c1-7-10-14-22(31)20(15-16-23(32)36-18-8-2)29-25(34)30-21(24(33)37-19-9-3)13-11-12-17-28-26(35)38-27(4,5)6/h7-9,20-21H,1-3,10-19H2,4-6H3,(H,28,35)(H2,29,30,34). The molecular weight excluding hydrogens is 494 g/mol. The number of hydrogen-bond donors (Lipinski definition) is 3. The summed E-state index contributed by atoms with van der Waals surface area (Å²) in [5.41, 5.74) is -0.613. The van der Waals surface area contributed by atoms with Crippen molar-refractivity contribution in [1.82, 2.24) is 16.0 Å². The highest BCUT2D eigenvalue weighted by Crippen LogP contribution is 2.09. The summed E-state index contributed by atoms with van der Waals surface area (Å²) in [5, 5.41) is 7.73. The van der Waals surface area contributed by atoms with Gasteiger partial charge in [0.1, 0.15) is 24.9 Å². The van der Waals surface area contributed by atoms with Crippen molar-refractivity contribution in [3.05, 3.63) is 38.0 Å². The Morgan fingerprint density at radius 1 is 0.816 bits per heavy atom. The molecule has 0 saturated heterocycles. The van der Waals surface area contributed by atoms with Crippen LogP contribution < -0.4 is 16.0 Å². The van der Waals surface area contributed by atoms with E-state index in [-0.39, 0.29) is 44.7 Å². The van der Waals surface area contributed by atoms with E-state index in [4.69, 9.17) is 14.2 Å². The van der Waals surface area contributed by atoms with Gasteiger partial charge in [0.15, 0.2) is 5.78 Å². The zero-order chi connectivity index (χ0) is 29.0. The number of hydrogen-bond acceptors (Lipinski definition) is 8. The highest BCUT2D eigenvalue weighted by molar-refractivity contribution is 5.90. The summed E-state index contributed by atoms with van der Waals surface area (Å²) in [6.07, 6.45) is 5.56. The summed E-state index contributed by atoms with van der Waals surface area (Å²) in [6.45, 7) is 16.2. The van der Waals surface area contributed by atoms with Crippen LogP contribution in [-0.2, 0) is 28.6 Å². The van der Waals surface area contributed by atoms with Gasteiger partial charge in [-0.25, -0.2) is 14.4 Å². The van der Waals surface area contributed by atoms with E-state index in [1.807, 2.05) is 0 Å². The lowest BCUT2D eigenvalue weighted by atomic mass is 10.0. The molecule has 0 aliphatic rings. The van der Waals surface area contributed by atoms with Crippen LogP contribution >= 0.6 is 0 Å². The van der Waals surface area contributed by atoms with Crippen LogP contribution in [0.3, 0.4) is 0 Å². The lowest BCUT2D eigenvalue weighted by Gasteiger charge is -2.21. The van der Waals surface area contributed by atoms with Crippen molar-refractivity contribution in [1.29, 1.82) is 0 Å². The number of carbonyl (C=O) groups excluding carboxylic acids is 5. The second-order valence-electron chi connectivity index (χ2n) is 9.37. The van der Waals surface area contributed by atoms with Crippen LogP contribution in [0.2, 0.25) is 0 Å². The van der Waals surface area contributed by atoms with Crippen molar-refractivity contribution < 1.29 is 38.2 Å². The number of rotatable bonds is 19. The maximum absolute atomic E-state index is 12.7. The minimum Gasteiger partial charge on any atom is -0.461 e. The molecule has 0 saturated carbocycles. The molecule has 0 spiro atoms. The van der Waals surface area contributed by atoms with Crippen LogP contribution in [0.25, 0.3) is 0 Å². The number of esters is 2. The van der Waals surface area contributed by atoms with E-state index >= 15 is 0 Å². The average molecular weight is 538 g/mol. The average Bonchev–Trinajstić information content (AvgIpc) is 2.84. The molecule has 214 valence electrons. The first-order chi connectivity index (χ1) is 17.9. The van der Waals surface area contributed by atoms with Gasteiger partial charge in [-0.3, -0.25) is 9.59 Å². The Bertz CT molecular complexity index is 820. The topological polar surface area (TPSA) is 149 Å². The number of unbranched alkanes of at least 4 members (excludes halogenated alkanes) is 1. The van der Waals surface area contributed by atoms with Gasteiger partial charge in [0.25, 0.3) is 0 Å². The maximum atomic E-state index is 12.7. The largest absolute Gasteiger partial charge is 0.461 e. The third-order valence-electron chi connectivity index (χ3n) is 4.81. The Morgan fingerprint density at radius 2 is 1.45 bits per heavy atom. The lowest BCUT2D eigenvalue weighted by Crippen LogP contribution is -2.51. The molecule has 0 aromatic carbocycles. The zero-order valence-electron chi connectivity index (χ0n) is 22.8. The fraction of sp³-hybridized carbons (Fsp3) is 0.593. The number of Topliss-reactive ketones (excluding diaryl/α,β-unsaturated/α-hetero) is 1. The SMILES string of the molecule is C=CCCC(=O)C(CCC(=O)OCC=C)NC(=O)NC(CCCCNC(=O)OC(C)(C)C)C(=O)OCC=C. The number of amides is 3. The molecule has 0 rings (SSSR count). The Balaban J connectivity index is 5.05. The number of ether oxygens (including phenoxy) is 3. The van der Waals surface area contributed by atoms with Gasteiger partial charge < -0.3 is 30.2 Å². The first-order valence-corrected chi connectivity index (χ1v) is 12.6. The van der Waals surface area contributed by atoms with E-state index in [1.165, 1.54) is 12.2 Å². The van der Waals surface area contributed by atoms with Crippen LogP contribution in [0.15, 0.2) is 38.0 Å². The number of nitrogens with one attached hydrogen (secondary N) is 3. The second-order valence-corrected chi connectivity index (χ2v) is 9.37. The third kappa shape index (κ3) is 17.7. The molecule has 11 heteroatoms. The minimum absolute atomic E-state index is 0.0291. The molecule has 0 radical (unpaired) electrons. The summed E-state index contributed by atoms with van der Waals surface area (Å²) in [5.74, 6) is -1.47. The summed E-state index contributed by atoms with van der Waals surface area (Å²) >= 11 is 0. The molecule has 0 aromatic rings. The monoisotopic (exact) mass is 537 g/mol. The quantitative estimate of drug-likeness (QED) is 0.0981. The van der Waals surface area contributed by atoms with Gasteiger partial charge in [-0.15, -0.1) is 6.58 Å². The number of carbonyl (C=O) groups is 5. The summed E-state index contributed by atoms with van der Waals surface area (Å²) in [7, 11) is 0. The number of alkyl carbamates (subject to hydrolysis) is 1. The molecule has 0 aliphatic heterocycles. The van der Waals surface area contributed by atoms with Crippen molar-refractivity contribution in [2.24, 2.45) is 0 Å². The highest BCUT2D eigenvalue weighted by Gasteiger charge is 2.26. The molecule has 11 nitrogen and oxygen atoms in total. The molecule has 2 unspecified atom stereocenters. The summed E-state index contributed by atoms with van der Waals surface area (Å²) in [6, 6.07) is -2.72. The first-order valence-electron chi connectivity index (χ1n) is 12.6. The third-order valence-corrected chi connectivity index (χ3v) is 4.81. The van der Waals surface area contributed by atoms with Gasteiger partial charge in [0, 0.05) is 19.4 Å². The molecule has 0 aliphatic carbocycles. The van der Waals surface area contributed by atoms with Crippen molar-refractivity contribution >= 4 is 29.8 Å². The Hall–Kier alpha value is -3.63. The summed E-state index contributed by atoms with van der Waals surface area (Å²) in [4.78, 5) is 61.4. The first kappa shape index (κ1) is 34.4.